The van der Waals surface area contributed by atoms with Gasteiger partial charge in [-0.25, -0.2) is 4.39 Å². The molecule has 0 heterocycles. The molecule has 0 aromatic heterocycles. The molecule has 76 valence electrons. The SMILES string of the molecule is Cc1cccc(C(C)(C)C(=O)Cl)c1F. The molecule has 14 heavy (non-hydrogen) atoms. The van der Waals surface area contributed by atoms with Gasteiger partial charge in [0.1, 0.15) is 5.82 Å². The zero-order valence-corrected chi connectivity index (χ0v) is 9.15. The summed E-state index contributed by atoms with van der Waals surface area (Å²) in [6, 6.07) is 4.96. The van der Waals surface area contributed by atoms with Crippen LogP contribution in [0, 0.1) is 12.7 Å². The van der Waals surface area contributed by atoms with Crippen molar-refractivity contribution >= 4 is 16.8 Å². The molecule has 0 saturated carbocycles. The topological polar surface area (TPSA) is 17.1 Å². The lowest BCUT2D eigenvalue weighted by molar-refractivity contribution is -0.115. The number of halogens is 2. The molecular weight excluding hydrogens is 203 g/mol. The Kier molecular flexibility index (Phi) is 2.95. The van der Waals surface area contributed by atoms with Gasteiger partial charge < -0.3 is 0 Å². The Labute approximate surface area is 87.9 Å². The van der Waals surface area contributed by atoms with Gasteiger partial charge in [0.2, 0.25) is 5.24 Å². The van der Waals surface area contributed by atoms with Crippen LogP contribution in [-0.4, -0.2) is 5.24 Å². The van der Waals surface area contributed by atoms with Crippen LogP contribution in [-0.2, 0) is 10.2 Å². The summed E-state index contributed by atoms with van der Waals surface area (Å²) in [5, 5.41) is -0.554. The van der Waals surface area contributed by atoms with Crippen molar-refractivity contribution in [3.8, 4) is 0 Å². The Hall–Kier alpha value is -0.890. The minimum atomic E-state index is -0.975. The monoisotopic (exact) mass is 214 g/mol. The van der Waals surface area contributed by atoms with E-state index in [1.807, 2.05) is 0 Å². The van der Waals surface area contributed by atoms with Crippen molar-refractivity contribution in [1.82, 2.24) is 0 Å². The van der Waals surface area contributed by atoms with Crippen molar-refractivity contribution in [1.29, 1.82) is 0 Å². The first kappa shape index (κ1) is 11.2. The first-order valence-electron chi connectivity index (χ1n) is 4.33. The van der Waals surface area contributed by atoms with E-state index in [2.05, 4.69) is 0 Å². The van der Waals surface area contributed by atoms with Crippen LogP contribution >= 0.6 is 11.6 Å². The number of hydrogen-bond acceptors (Lipinski definition) is 1. The molecule has 0 bridgehead atoms. The molecule has 1 aromatic rings. The van der Waals surface area contributed by atoms with Crippen LogP contribution in [0.25, 0.3) is 0 Å². The third kappa shape index (κ3) is 1.80. The highest BCUT2D eigenvalue weighted by Crippen LogP contribution is 2.29. The second-order valence-electron chi connectivity index (χ2n) is 3.84. The maximum atomic E-state index is 13.6. The first-order valence-corrected chi connectivity index (χ1v) is 4.70. The maximum Gasteiger partial charge on any atom is 0.231 e. The first-order chi connectivity index (χ1) is 6.37. The molecule has 0 atom stereocenters. The smallest absolute Gasteiger partial charge is 0.231 e. The van der Waals surface area contributed by atoms with E-state index >= 15 is 0 Å². The van der Waals surface area contributed by atoms with E-state index < -0.39 is 10.7 Å². The van der Waals surface area contributed by atoms with Gasteiger partial charge in [0, 0.05) is 5.56 Å². The average Bonchev–Trinajstić information content (AvgIpc) is 2.09. The lowest BCUT2D eigenvalue weighted by Gasteiger charge is -2.21. The average molecular weight is 215 g/mol. The molecule has 0 spiro atoms. The van der Waals surface area contributed by atoms with E-state index in [9.17, 15) is 9.18 Å². The van der Waals surface area contributed by atoms with Crippen molar-refractivity contribution < 1.29 is 9.18 Å². The highest BCUT2D eigenvalue weighted by Gasteiger charge is 2.31. The van der Waals surface area contributed by atoms with Crippen LogP contribution in [0.2, 0.25) is 0 Å². The second-order valence-corrected chi connectivity index (χ2v) is 4.18. The number of carbonyl (C=O) groups excluding carboxylic acids is 1. The molecule has 0 N–H and O–H groups in total. The van der Waals surface area contributed by atoms with Crippen molar-refractivity contribution in [2.24, 2.45) is 0 Å². The van der Waals surface area contributed by atoms with Gasteiger partial charge in [-0.3, -0.25) is 4.79 Å². The Bertz CT molecular complexity index is 372. The summed E-state index contributed by atoms with van der Waals surface area (Å²) >= 11 is 5.42. The minimum Gasteiger partial charge on any atom is -0.280 e. The summed E-state index contributed by atoms with van der Waals surface area (Å²) in [5.41, 5.74) is -0.108. The standard InChI is InChI=1S/C11H12ClFO/c1-7-5-4-6-8(9(7)13)11(2,3)10(12)14/h4-6H,1-3H3. The zero-order chi connectivity index (χ0) is 10.9. The van der Waals surface area contributed by atoms with Crippen molar-refractivity contribution in [2.75, 3.05) is 0 Å². The maximum absolute atomic E-state index is 13.6. The van der Waals surface area contributed by atoms with Gasteiger partial charge in [-0.1, -0.05) is 18.2 Å². The number of hydrogen-bond donors (Lipinski definition) is 0. The molecule has 1 nitrogen and oxygen atoms in total. The molecule has 0 unspecified atom stereocenters. The van der Waals surface area contributed by atoms with Crippen LogP contribution < -0.4 is 0 Å². The van der Waals surface area contributed by atoms with Gasteiger partial charge >= 0.3 is 0 Å². The zero-order valence-electron chi connectivity index (χ0n) is 8.40. The van der Waals surface area contributed by atoms with Crippen LogP contribution in [0.4, 0.5) is 4.39 Å². The van der Waals surface area contributed by atoms with Gasteiger partial charge in [-0.2, -0.15) is 0 Å². The lowest BCUT2D eigenvalue weighted by atomic mass is 9.85. The van der Waals surface area contributed by atoms with E-state index in [1.165, 1.54) is 0 Å². The number of benzene rings is 1. The predicted octanol–water partition coefficient (Wildman–Crippen LogP) is 3.18. The summed E-state index contributed by atoms with van der Waals surface area (Å²) in [7, 11) is 0. The molecule has 1 aromatic carbocycles. The second kappa shape index (κ2) is 3.70. The van der Waals surface area contributed by atoms with E-state index in [0.717, 1.165) is 0 Å². The molecule has 0 fully saturated rings. The molecule has 0 radical (unpaired) electrons. The van der Waals surface area contributed by atoms with E-state index in [4.69, 9.17) is 11.6 Å². The number of aryl methyl sites for hydroxylation is 1. The Morgan fingerprint density at radius 1 is 1.43 bits per heavy atom. The van der Waals surface area contributed by atoms with Crippen LogP contribution in [0.1, 0.15) is 25.0 Å². The van der Waals surface area contributed by atoms with Crippen LogP contribution in [0.15, 0.2) is 18.2 Å². The largest absolute Gasteiger partial charge is 0.280 e. The molecular formula is C11H12ClFO. The van der Waals surface area contributed by atoms with E-state index in [1.54, 1.807) is 39.0 Å². The van der Waals surface area contributed by atoms with Gasteiger partial charge in [-0.15, -0.1) is 0 Å². The Morgan fingerprint density at radius 2 is 2.00 bits per heavy atom. The fourth-order valence-corrected chi connectivity index (χ4v) is 1.34. The van der Waals surface area contributed by atoms with E-state index in [-0.39, 0.29) is 5.82 Å². The molecule has 0 amide bonds. The van der Waals surface area contributed by atoms with E-state index in [0.29, 0.717) is 11.1 Å². The number of carbonyl (C=O) groups is 1. The van der Waals surface area contributed by atoms with Crippen LogP contribution in [0.5, 0.6) is 0 Å². The van der Waals surface area contributed by atoms with Gasteiger partial charge in [0.15, 0.2) is 0 Å². The summed E-state index contributed by atoms with van der Waals surface area (Å²) in [6.07, 6.45) is 0. The third-order valence-corrected chi connectivity index (χ3v) is 2.83. The molecule has 1 rings (SSSR count). The van der Waals surface area contributed by atoms with Gasteiger partial charge in [0.05, 0.1) is 5.41 Å². The molecule has 3 heteroatoms. The summed E-state index contributed by atoms with van der Waals surface area (Å²) in [6.45, 7) is 4.88. The third-order valence-electron chi connectivity index (χ3n) is 2.36. The minimum absolute atomic E-state index is 0.345. The number of rotatable bonds is 2. The normalized spacial score (nSPS) is 11.5. The predicted molar refractivity (Wildman–Crippen MR) is 55.0 cm³/mol. The molecule has 0 aliphatic carbocycles. The van der Waals surface area contributed by atoms with Gasteiger partial charge in [-0.05, 0) is 37.9 Å². The summed E-state index contributed by atoms with van der Waals surface area (Å²) in [5.74, 6) is -0.355. The summed E-state index contributed by atoms with van der Waals surface area (Å²) in [4.78, 5) is 11.1. The summed E-state index contributed by atoms with van der Waals surface area (Å²) < 4.78 is 13.6. The fraction of sp³-hybridized carbons (Fsp3) is 0.364. The lowest BCUT2D eigenvalue weighted by Crippen LogP contribution is -2.26. The quantitative estimate of drug-likeness (QED) is 0.692. The van der Waals surface area contributed by atoms with Crippen molar-refractivity contribution in [2.45, 2.75) is 26.2 Å². The van der Waals surface area contributed by atoms with Gasteiger partial charge in [0.25, 0.3) is 0 Å². The Balaban J connectivity index is 3.33. The molecule has 0 aliphatic rings. The highest BCUT2D eigenvalue weighted by molar-refractivity contribution is 6.65. The van der Waals surface area contributed by atoms with Crippen molar-refractivity contribution in [3.05, 3.63) is 35.1 Å². The molecule has 0 saturated heterocycles. The fourth-order valence-electron chi connectivity index (χ4n) is 1.24. The molecule has 0 aliphatic heterocycles. The van der Waals surface area contributed by atoms with Crippen LogP contribution in [0.3, 0.4) is 0 Å². The Morgan fingerprint density at radius 3 is 2.50 bits per heavy atom. The van der Waals surface area contributed by atoms with Crippen molar-refractivity contribution in [3.63, 3.8) is 0 Å². The highest BCUT2D eigenvalue weighted by atomic mass is 35.5.